The minimum atomic E-state index is -4.14. The fourth-order valence-corrected chi connectivity index (χ4v) is 5.76. The van der Waals surface area contributed by atoms with Gasteiger partial charge >= 0.3 is 0 Å². The number of halogens is 3. The molecule has 0 spiro atoms. The number of amides is 2. The van der Waals surface area contributed by atoms with E-state index in [4.69, 9.17) is 39.5 Å². The Morgan fingerprint density at radius 1 is 0.810 bits per heavy atom. The summed E-state index contributed by atoms with van der Waals surface area (Å²) in [5.41, 5.74) is 3.62. The van der Waals surface area contributed by atoms with Crippen LogP contribution in [0.4, 0.5) is 11.4 Å². The van der Waals surface area contributed by atoms with Crippen molar-refractivity contribution in [3.05, 3.63) is 118 Å². The summed E-state index contributed by atoms with van der Waals surface area (Å²) in [6, 6.07) is 25.3. The van der Waals surface area contributed by atoms with Gasteiger partial charge in [-0.25, -0.2) is 13.8 Å². The molecule has 0 aliphatic rings. The second-order valence-corrected chi connectivity index (χ2v) is 11.8. The van der Waals surface area contributed by atoms with Crippen LogP contribution in [0.25, 0.3) is 0 Å². The van der Waals surface area contributed by atoms with Gasteiger partial charge < -0.3 is 10.1 Å². The first-order chi connectivity index (χ1) is 20.1. The van der Waals surface area contributed by atoms with E-state index < -0.39 is 22.5 Å². The van der Waals surface area contributed by atoms with Gasteiger partial charge in [0.2, 0.25) is 0 Å². The zero-order chi connectivity index (χ0) is 30.1. The highest BCUT2D eigenvalue weighted by Crippen LogP contribution is 2.29. The highest BCUT2D eigenvalue weighted by Gasteiger charge is 2.27. The molecule has 0 atom stereocenters. The van der Waals surface area contributed by atoms with Crippen LogP contribution < -0.4 is 19.8 Å². The molecule has 2 amide bonds. The van der Waals surface area contributed by atoms with Gasteiger partial charge in [0, 0.05) is 20.8 Å². The van der Waals surface area contributed by atoms with Gasteiger partial charge in [0.05, 0.1) is 16.8 Å². The van der Waals surface area contributed by atoms with Crippen LogP contribution in [0, 0.1) is 0 Å². The van der Waals surface area contributed by atoms with Crippen molar-refractivity contribution in [2.75, 3.05) is 22.8 Å². The predicted octanol–water partition coefficient (Wildman–Crippen LogP) is 6.01. The number of hydrogen-bond donors (Lipinski definition) is 2. The summed E-state index contributed by atoms with van der Waals surface area (Å²) in [6.45, 7) is -0.800. The molecule has 0 bridgehead atoms. The molecular weight excluding hydrogens is 623 g/mol. The van der Waals surface area contributed by atoms with E-state index >= 15 is 0 Å². The van der Waals surface area contributed by atoms with Gasteiger partial charge in [0.1, 0.15) is 12.3 Å². The Morgan fingerprint density at radius 3 is 2.17 bits per heavy atom. The van der Waals surface area contributed by atoms with Gasteiger partial charge in [-0.2, -0.15) is 5.10 Å². The summed E-state index contributed by atoms with van der Waals surface area (Å²) in [7, 11) is -4.14. The van der Waals surface area contributed by atoms with Crippen LogP contribution in [-0.4, -0.2) is 39.6 Å². The van der Waals surface area contributed by atoms with E-state index in [0.717, 1.165) is 4.31 Å². The second-order valence-electron chi connectivity index (χ2n) is 8.66. The zero-order valence-corrected chi connectivity index (χ0v) is 24.8. The summed E-state index contributed by atoms with van der Waals surface area (Å²) in [5.74, 6) is -0.610. The molecule has 216 valence electrons. The summed E-state index contributed by atoms with van der Waals surface area (Å²) in [4.78, 5) is 24.9. The van der Waals surface area contributed by atoms with E-state index in [2.05, 4.69) is 15.8 Å². The number of hydrogen-bond acceptors (Lipinski definition) is 6. The Labute approximate surface area is 257 Å². The summed E-state index contributed by atoms with van der Waals surface area (Å²) in [6.07, 6.45) is 1.37. The number of nitrogens with one attached hydrogen (secondary N) is 2. The van der Waals surface area contributed by atoms with E-state index in [9.17, 15) is 18.0 Å². The van der Waals surface area contributed by atoms with E-state index in [-0.39, 0.29) is 33.1 Å². The van der Waals surface area contributed by atoms with Crippen LogP contribution in [0.1, 0.15) is 5.56 Å². The summed E-state index contributed by atoms with van der Waals surface area (Å²) in [5, 5.41) is 7.52. The third-order valence-corrected chi connectivity index (χ3v) is 7.97. The minimum Gasteiger partial charge on any atom is -0.484 e. The average molecular weight is 646 g/mol. The third-order valence-electron chi connectivity index (χ3n) is 5.51. The monoisotopic (exact) mass is 644 g/mol. The van der Waals surface area contributed by atoms with Crippen LogP contribution in [0.3, 0.4) is 0 Å². The highest BCUT2D eigenvalue weighted by molar-refractivity contribution is 7.92. The van der Waals surface area contributed by atoms with Gasteiger partial charge in [0.25, 0.3) is 21.8 Å². The molecule has 0 heterocycles. The molecule has 4 aromatic carbocycles. The largest absolute Gasteiger partial charge is 0.484 e. The predicted molar refractivity (Wildman–Crippen MR) is 165 cm³/mol. The second kappa shape index (κ2) is 14.2. The lowest BCUT2D eigenvalue weighted by atomic mass is 10.2. The smallest absolute Gasteiger partial charge is 0.264 e. The molecule has 9 nitrogen and oxygen atoms in total. The molecule has 0 aliphatic carbocycles. The number of hydrazone groups is 1. The van der Waals surface area contributed by atoms with E-state index in [1.165, 1.54) is 36.5 Å². The van der Waals surface area contributed by atoms with Gasteiger partial charge in [-0.15, -0.1) is 0 Å². The number of ether oxygens (including phenoxy) is 1. The van der Waals surface area contributed by atoms with Crippen LogP contribution in [0.2, 0.25) is 15.1 Å². The van der Waals surface area contributed by atoms with Crippen molar-refractivity contribution in [1.82, 2.24) is 5.43 Å². The molecule has 13 heteroatoms. The van der Waals surface area contributed by atoms with Crippen molar-refractivity contribution in [1.29, 1.82) is 0 Å². The molecule has 0 aromatic heterocycles. The summed E-state index contributed by atoms with van der Waals surface area (Å²) < 4.78 is 33.2. The highest BCUT2D eigenvalue weighted by atomic mass is 35.5. The number of sulfonamides is 1. The number of benzene rings is 4. The van der Waals surface area contributed by atoms with Crippen molar-refractivity contribution >= 4 is 74.2 Å². The first kappa shape index (κ1) is 30.9. The Morgan fingerprint density at radius 2 is 1.50 bits per heavy atom. The molecule has 2 N–H and O–H groups in total. The molecule has 0 unspecified atom stereocenters. The maximum absolute atomic E-state index is 13.4. The topological polar surface area (TPSA) is 117 Å². The molecular formula is C29H23Cl3N4O5S. The molecule has 0 aliphatic heterocycles. The van der Waals surface area contributed by atoms with Gasteiger partial charge in [-0.1, -0.05) is 59.1 Å². The standard InChI is InChI=1S/C29H23Cl3N4O5S/c30-21-5-4-6-24(14-21)34-29(38)19-41-26-11-9-20(10-12-26)17-33-35-28(37)18-36(25-15-22(31)13-23(32)16-25)42(39,40)27-7-2-1-3-8-27/h1-17H,18-19H2,(H,34,38)(H,35,37)/b33-17-. The van der Waals surface area contributed by atoms with Gasteiger partial charge in [-0.3, -0.25) is 13.9 Å². The average Bonchev–Trinajstić information content (AvgIpc) is 2.95. The Hall–Kier alpha value is -4.09. The molecule has 0 radical (unpaired) electrons. The molecule has 42 heavy (non-hydrogen) atoms. The first-order valence-corrected chi connectivity index (χ1v) is 14.8. The Balaban J connectivity index is 1.36. The van der Waals surface area contributed by atoms with E-state index in [1.54, 1.807) is 66.7 Å². The number of rotatable bonds is 11. The van der Waals surface area contributed by atoms with Gasteiger partial charge in [0.15, 0.2) is 6.61 Å². The Kier molecular flexibility index (Phi) is 10.4. The molecule has 4 aromatic rings. The number of anilines is 2. The van der Waals surface area contributed by atoms with Crippen molar-refractivity contribution in [2.45, 2.75) is 4.90 Å². The van der Waals surface area contributed by atoms with Crippen molar-refractivity contribution in [2.24, 2.45) is 5.10 Å². The maximum Gasteiger partial charge on any atom is 0.264 e. The lowest BCUT2D eigenvalue weighted by Gasteiger charge is -2.24. The minimum absolute atomic E-state index is 0.0124. The van der Waals surface area contributed by atoms with Crippen molar-refractivity contribution in [3.8, 4) is 5.75 Å². The molecule has 0 saturated heterocycles. The lowest BCUT2D eigenvalue weighted by Crippen LogP contribution is -2.39. The van der Waals surface area contributed by atoms with Crippen LogP contribution >= 0.6 is 34.8 Å². The molecule has 0 fully saturated rings. The number of carbonyl (C=O) groups is 2. The molecule has 0 saturated carbocycles. The van der Waals surface area contributed by atoms with Crippen molar-refractivity contribution < 1.29 is 22.7 Å². The summed E-state index contributed by atoms with van der Waals surface area (Å²) >= 11 is 18.1. The first-order valence-electron chi connectivity index (χ1n) is 12.2. The lowest BCUT2D eigenvalue weighted by molar-refractivity contribution is -0.119. The quantitative estimate of drug-likeness (QED) is 0.153. The molecule has 4 rings (SSSR count). The van der Waals surface area contributed by atoms with Crippen LogP contribution in [0.15, 0.2) is 107 Å². The number of nitrogens with zero attached hydrogens (tertiary/aromatic N) is 2. The van der Waals surface area contributed by atoms with Crippen LogP contribution in [-0.2, 0) is 19.6 Å². The normalized spacial score (nSPS) is 11.2. The van der Waals surface area contributed by atoms with Crippen molar-refractivity contribution in [3.63, 3.8) is 0 Å². The van der Waals surface area contributed by atoms with E-state index in [0.29, 0.717) is 22.0 Å². The fourth-order valence-electron chi connectivity index (χ4n) is 3.62. The van der Waals surface area contributed by atoms with Gasteiger partial charge in [-0.05, 0) is 78.4 Å². The fraction of sp³-hybridized carbons (Fsp3) is 0.0690. The maximum atomic E-state index is 13.4. The SMILES string of the molecule is O=C(CN(c1cc(Cl)cc(Cl)c1)S(=O)(=O)c1ccccc1)N/N=C\c1ccc(OCC(=O)Nc2cccc(Cl)c2)cc1. The Bertz CT molecular complexity index is 1680. The van der Waals surface area contributed by atoms with Crippen LogP contribution in [0.5, 0.6) is 5.75 Å². The number of carbonyl (C=O) groups excluding carboxylic acids is 2. The van der Waals surface area contributed by atoms with E-state index in [1.807, 2.05) is 0 Å². The third kappa shape index (κ3) is 8.70. The zero-order valence-electron chi connectivity index (χ0n) is 21.7.